The Morgan fingerprint density at radius 2 is 1.83 bits per heavy atom. The zero-order valence-electron chi connectivity index (χ0n) is 16.9. The van der Waals surface area contributed by atoms with Gasteiger partial charge >= 0.3 is 0 Å². The molecule has 8 heteroatoms. The minimum atomic E-state index is -0.191. The zero-order valence-corrected chi connectivity index (χ0v) is 16.9. The summed E-state index contributed by atoms with van der Waals surface area (Å²) in [5.41, 5.74) is 0.983. The Morgan fingerprint density at radius 1 is 1.14 bits per heavy atom. The molecule has 2 aliphatic rings. The number of morpholine rings is 1. The molecule has 2 aliphatic heterocycles. The van der Waals surface area contributed by atoms with Crippen LogP contribution in [0.1, 0.15) is 30.2 Å². The number of carbonyl (C=O) groups is 1. The van der Waals surface area contributed by atoms with Gasteiger partial charge in [0, 0.05) is 39.3 Å². The molecule has 2 saturated heterocycles. The Morgan fingerprint density at radius 3 is 2.52 bits per heavy atom. The van der Waals surface area contributed by atoms with Gasteiger partial charge in [-0.2, -0.15) is 0 Å². The number of carbonyl (C=O) groups excluding carboxylic acids is 1. The quantitative estimate of drug-likeness (QED) is 0.783. The van der Waals surface area contributed by atoms with Gasteiger partial charge in [0.1, 0.15) is 12.1 Å². The summed E-state index contributed by atoms with van der Waals surface area (Å²) in [5, 5.41) is 0. The molecule has 2 atom stereocenters. The van der Waals surface area contributed by atoms with E-state index in [2.05, 4.69) is 14.8 Å². The van der Waals surface area contributed by atoms with Crippen LogP contribution in [-0.2, 0) is 11.3 Å². The van der Waals surface area contributed by atoms with E-state index in [0.717, 1.165) is 26.2 Å². The van der Waals surface area contributed by atoms with E-state index in [-0.39, 0.29) is 23.9 Å². The summed E-state index contributed by atoms with van der Waals surface area (Å²) in [6.45, 7) is 8.60. The molecule has 0 N–H and O–H groups in total. The monoisotopic (exact) mass is 402 g/mol. The maximum atomic E-state index is 14.0. The summed E-state index contributed by atoms with van der Waals surface area (Å²) in [4.78, 5) is 23.2. The van der Waals surface area contributed by atoms with Crippen molar-refractivity contribution in [2.75, 3.05) is 44.2 Å². The van der Waals surface area contributed by atoms with Gasteiger partial charge in [-0.05, 0) is 26.0 Å². The average molecular weight is 402 g/mol. The normalized spacial score (nSPS) is 23.4. The lowest BCUT2D eigenvalue weighted by Gasteiger charge is -2.35. The maximum Gasteiger partial charge on any atom is 0.275 e. The summed E-state index contributed by atoms with van der Waals surface area (Å²) in [5.74, 6) is 0.219. The van der Waals surface area contributed by atoms with E-state index < -0.39 is 0 Å². The Hall–Kier alpha value is -2.45. The van der Waals surface area contributed by atoms with Crippen LogP contribution in [0.2, 0.25) is 0 Å². The SMILES string of the molecule is C[C@@H]1CN(C(=O)c2coc(CN3CCN(c4ccccc4F)CC3)n2)C[C@H](C)O1. The van der Waals surface area contributed by atoms with Crippen molar-refractivity contribution in [3.05, 3.63) is 47.9 Å². The van der Waals surface area contributed by atoms with Crippen LogP contribution in [0.25, 0.3) is 0 Å². The number of amides is 1. The van der Waals surface area contributed by atoms with Gasteiger partial charge in [-0.1, -0.05) is 12.1 Å². The molecular weight excluding hydrogens is 375 g/mol. The molecule has 4 rings (SSSR count). The first-order valence-corrected chi connectivity index (χ1v) is 10.1. The van der Waals surface area contributed by atoms with Gasteiger partial charge in [-0.3, -0.25) is 9.69 Å². The molecule has 29 heavy (non-hydrogen) atoms. The van der Waals surface area contributed by atoms with Gasteiger partial charge in [-0.15, -0.1) is 0 Å². The number of piperazine rings is 1. The summed E-state index contributed by atoms with van der Waals surface area (Å²) >= 11 is 0. The lowest BCUT2D eigenvalue weighted by atomic mass is 10.2. The second-order valence-corrected chi connectivity index (χ2v) is 7.81. The van der Waals surface area contributed by atoms with Crippen molar-refractivity contribution in [2.45, 2.75) is 32.6 Å². The molecular formula is C21H27FN4O3. The highest BCUT2D eigenvalue weighted by atomic mass is 19.1. The summed E-state index contributed by atoms with van der Waals surface area (Å²) in [7, 11) is 0. The van der Waals surface area contributed by atoms with E-state index in [1.807, 2.05) is 26.0 Å². The smallest absolute Gasteiger partial charge is 0.275 e. The number of para-hydroxylation sites is 1. The molecule has 1 aromatic heterocycles. The lowest BCUT2D eigenvalue weighted by molar-refractivity contribution is -0.0587. The highest BCUT2D eigenvalue weighted by Gasteiger charge is 2.28. The summed E-state index contributed by atoms with van der Waals surface area (Å²) in [6, 6.07) is 6.86. The van der Waals surface area contributed by atoms with Crippen LogP contribution in [0.3, 0.4) is 0 Å². The fourth-order valence-corrected chi connectivity index (χ4v) is 4.03. The lowest BCUT2D eigenvalue weighted by Crippen LogP contribution is -2.48. The van der Waals surface area contributed by atoms with Gasteiger partial charge in [0.2, 0.25) is 5.89 Å². The Labute approximate surface area is 170 Å². The van der Waals surface area contributed by atoms with Gasteiger partial charge in [-0.25, -0.2) is 9.37 Å². The number of anilines is 1. The number of nitrogens with zero attached hydrogens (tertiary/aromatic N) is 4. The summed E-state index contributed by atoms with van der Waals surface area (Å²) < 4.78 is 25.2. The van der Waals surface area contributed by atoms with Crippen molar-refractivity contribution >= 4 is 11.6 Å². The minimum Gasteiger partial charge on any atom is -0.447 e. The van der Waals surface area contributed by atoms with Crippen molar-refractivity contribution in [3.63, 3.8) is 0 Å². The summed E-state index contributed by atoms with van der Waals surface area (Å²) in [6.07, 6.45) is 1.47. The van der Waals surface area contributed by atoms with Gasteiger partial charge in [0.05, 0.1) is 24.4 Å². The first-order chi connectivity index (χ1) is 14.0. The standard InChI is InChI=1S/C21H27FN4O3/c1-15-11-26(12-16(2)29-15)21(27)18-14-28-20(23-18)13-24-7-9-25(10-8-24)19-6-4-3-5-17(19)22/h3-6,14-16H,7-13H2,1-2H3/t15-,16+. The van der Waals surface area contributed by atoms with E-state index in [4.69, 9.17) is 9.15 Å². The molecule has 2 fully saturated rings. The first-order valence-electron chi connectivity index (χ1n) is 10.1. The predicted molar refractivity (Wildman–Crippen MR) is 106 cm³/mol. The molecule has 3 heterocycles. The number of oxazole rings is 1. The Kier molecular flexibility index (Phi) is 5.82. The topological polar surface area (TPSA) is 62.1 Å². The average Bonchev–Trinajstić information content (AvgIpc) is 3.16. The van der Waals surface area contributed by atoms with Gasteiger partial charge < -0.3 is 19.0 Å². The molecule has 1 amide bonds. The number of benzene rings is 1. The molecule has 0 spiro atoms. The third-order valence-electron chi connectivity index (χ3n) is 5.40. The maximum absolute atomic E-state index is 14.0. The zero-order chi connectivity index (χ0) is 20.4. The van der Waals surface area contributed by atoms with Crippen molar-refractivity contribution in [3.8, 4) is 0 Å². The number of hydrogen-bond acceptors (Lipinski definition) is 6. The van der Waals surface area contributed by atoms with Crippen molar-refractivity contribution in [2.24, 2.45) is 0 Å². The first kappa shape index (κ1) is 19.8. The molecule has 156 valence electrons. The molecule has 0 radical (unpaired) electrons. The fourth-order valence-electron chi connectivity index (χ4n) is 4.03. The Bertz CT molecular complexity index is 840. The number of halogens is 1. The molecule has 1 aromatic carbocycles. The molecule has 7 nitrogen and oxygen atoms in total. The van der Waals surface area contributed by atoms with Crippen LogP contribution in [0.5, 0.6) is 0 Å². The van der Waals surface area contributed by atoms with Crippen LogP contribution in [0.4, 0.5) is 10.1 Å². The van der Waals surface area contributed by atoms with E-state index in [9.17, 15) is 9.18 Å². The van der Waals surface area contributed by atoms with Crippen LogP contribution in [-0.4, -0.2) is 72.2 Å². The minimum absolute atomic E-state index is 0.0137. The van der Waals surface area contributed by atoms with E-state index in [1.165, 1.54) is 12.3 Å². The predicted octanol–water partition coefficient (Wildman–Crippen LogP) is 2.39. The number of hydrogen-bond donors (Lipinski definition) is 0. The largest absolute Gasteiger partial charge is 0.447 e. The van der Waals surface area contributed by atoms with Crippen molar-refractivity contribution in [1.29, 1.82) is 0 Å². The van der Waals surface area contributed by atoms with Crippen molar-refractivity contribution in [1.82, 2.24) is 14.8 Å². The van der Waals surface area contributed by atoms with Gasteiger partial charge in [0.15, 0.2) is 5.69 Å². The highest BCUT2D eigenvalue weighted by molar-refractivity contribution is 5.92. The van der Waals surface area contributed by atoms with Crippen LogP contribution < -0.4 is 4.90 Å². The Balaban J connectivity index is 1.32. The van der Waals surface area contributed by atoms with E-state index in [0.29, 0.717) is 36.9 Å². The number of aromatic nitrogens is 1. The van der Waals surface area contributed by atoms with Crippen LogP contribution in [0.15, 0.2) is 34.9 Å². The van der Waals surface area contributed by atoms with Gasteiger partial charge in [0.25, 0.3) is 5.91 Å². The third-order valence-corrected chi connectivity index (χ3v) is 5.40. The fraction of sp³-hybridized carbons (Fsp3) is 0.524. The highest BCUT2D eigenvalue weighted by Crippen LogP contribution is 2.21. The van der Waals surface area contributed by atoms with Crippen molar-refractivity contribution < 1.29 is 18.3 Å². The third kappa shape index (κ3) is 4.59. The molecule has 0 saturated carbocycles. The molecule has 2 aromatic rings. The molecule has 0 aliphatic carbocycles. The van der Waals surface area contributed by atoms with E-state index >= 15 is 0 Å². The molecule has 0 bridgehead atoms. The second-order valence-electron chi connectivity index (χ2n) is 7.81. The second kappa shape index (κ2) is 8.51. The number of rotatable bonds is 4. The van der Waals surface area contributed by atoms with E-state index in [1.54, 1.807) is 11.0 Å². The van der Waals surface area contributed by atoms with Crippen LogP contribution in [0, 0.1) is 5.82 Å². The molecule has 0 unspecified atom stereocenters. The van der Waals surface area contributed by atoms with Crippen LogP contribution >= 0.6 is 0 Å². The number of ether oxygens (including phenoxy) is 1.